The zero-order valence-corrected chi connectivity index (χ0v) is 5.72. The van der Waals surface area contributed by atoms with Gasteiger partial charge in [0.05, 0.1) is 12.1 Å². The van der Waals surface area contributed by atoms with Gasteiger partial charge in [0.15, 0.2) is 0 Å². The number of carbonyl (C=O) groups is 1. The minimum absolute atomic E-state index is 0.0999. The van der Waals surface area contributed by atoms with Gasteiger partial charge in [-0.1, -0.05) is 0 Å². The van der Waals surface area contributed by atoms with E-state index >= 15 is 0 Å². The van der Waals surface area contributed by atoms with Gasteiger partial charge in [0.25, 0.3) is 0 Å². The van der Waals surface area contributed by atoms with Crippen molar-refractivity contribution in [3.8, 4) is 0 Å². The summed E-state index contributed by atoms with van der Waals surface area (Å²) in [5.41, 5.74) is 2.69. The summed E-state index contributed by atoms with van der Waals surface area (Å²) in [7, 11) is 1.67. The lowest BCUT2D eigenvalue weighted by Gasteiger charge is -2.01. The molecule has 10 heavy (non-hydrogen) atoms. The molecular weight excluding hydrogens is 134 g/mol. The molecular formula is C5H11N3O2. The van der Waals surface area contributed by atoms with Gasteiger partial charge in [-0.2, -0.15) is 0 Å². The van der Waals surface area contributed by atoms with Gasteiger partial charge in [-0.05, 0) is 0 Å². The van der Waals surface area contributed by atoms with Crippen LogP contribution in [-0.2, 0) is 4.79 Å². The van der Waals surface area contributed by atoms with Crippen LogP contribution >= 0.6 is 0 Å². The topological polar surface area (TPSA) is 87.4 Å². The molecule has 0 fully saturated rings. The molecule has 0 amide bonds. The summed E-state index contributed by atoms with van der Waals surface area (Å²) in [6.45, 7) is 0. The van der Waals surface area contributed by atoms with E-state index in [1.165, 1.54) is 6.20 Å². The Morgan fingerprint density at radius 1 is 1.80 bits per heavy atom. The molecule has 0 atom stereocenters. The average molecular weight is 145 g/mol. The van der Waals surface area contributed by atoms with Crippen molar-refractivity contribution in [3.63, 3.8) is 0 Å². The van der Waals surface area contributed by atoms with E-state index in [-0.39, 0.29) is 6.42 Å². The van der Waals surface area contributed by atoms with Gasteiger partial charge in [0, 0.05) is 13.2 Å². The van der Waals surface area contributed by atoms with Gasteiger partial charge >= 0.3 is 5.97 Å². The lowest BCUT2D eigenvalue weighted by molar-refractivity contribution is -0.136. The molecule has 0 heterocycles. The molecule has 0 bridgehead atoms. The van der Waals surface area contributed by atoms with E-state index in [0.29, 0.717) is 5.70 Å². The quantitative estimate of drug-likeness (QED) is 0.300. The van der Waals surface area contributed by atoms with Gasteiger partial charge in [-0.15, -0.1) is 0 Å². The Morgan fingerprint density at radius 3 is 2.70 bits per heavy atom. The van der Waals surface area contributed by atoms with Gasteiger partial charge in [-0.3, -0.25) is 10.6 Å². The summed E-state index contributed by atoms with van der Waals surface area (Å²) in [6, 6.07) is 0. The minimum Gasteiger partial charge on any atom is -0.481 e. The third-order valence-electron chi connectivity index (χ3n) is 0.846. The first kappa shape index (κ1) is 8.77. The summed E-state index contributed by atoms with van der Waals surface area (Å²) < 4.78 is 0. The highest BCUT2D eigenvalue weighted by atomic mass is 16.4. The maximum absolute atomic E-state index is 10.1. The molecule has 0 saturated heterocycles. The van der Waals surface area contributed by atoms with Gasteiger partial charge < -0.3 is 15.8 Å². The van der Waals surface area contributed by atoms with Crippen LogP contribution in [0.4, 0.5) is 0 Å². The van der Waals surface area contributed by atoms with Crippen LogP contribution in [0.3, 0.4) is 0 Å². The van der Waals surface area contributed by atoms with Crippen molar-refractivity contribution < 1.29 is 9.90 Å². The van der Waals surface area contributed by atoms with Crippen LogP contribution < -0.4 is 16.6 Å². The van der Waals surface area contributed by atoms with Crippen LogP contribution in [0.15, 0.2) is 11.9 Å². The van der Waals surface area contributed by atoms with Crippen LogP contribution in [0, 0.1) is 0 Å². The molecule has 0 unspecified atom stereocenters. The Balaban J connectivity index is 3.83. The fourth-order valence-corrected chi connectivity index (χ4v) is 0.481. The number of carboxylic acids is 1. The second-order valence-corrected chi connectivity index (χ2v) is 1.67. The van der Waals surface area contributed by atoms with E-state index in [2.05, 4.69) is 10.7 Å². The van der Waals surface area contributed by atoms with Crippen molar-refractivity contribution >= 4 is 5.97 Å². The maximum atomic E-state index is 10.1. The monoisotopic (exact) mass is 145 g/mol. The van der Waals surface area contributed by atoms with E-state index in [1.807, 2.05) is 0 Å². The van der Waals surface area contributed by atoms with Crippen molar-refractivity contribution in [2.45, 2.75) is 6.42 Å². The van der Waals surface area contributed by atoms with Crippen LogP contribution in [-0.4, -0.2) is 18.1 Å². The van der Waals surface area contributed by atoms with Crippen molar-refractivity contribution in [2.24, 2.45) is 5.84 Å². The Kier molecular flexibility index (Phi) is 4.06. The summed E-state index contributed by atoms with van der Waals surface area (Å²) in [6.07, 6.45) is 1.39. The van der Waals surface area contributed by atoms with Gasteiger partial charge in [0.2, 0.25) is 0 Å². The summed E-state index contributed by atoms with van der Waals surface area (Å²) in [5, 5.41) is 10.9. The number of hydrazine groups is 1. The molecule has 0 aliphatic carbocycles. The van der Waals surface area contributed by atoms with E-state index in [9.17, 15) is 4.79 Å². The zero-order valence-electron chi connectivity index (χ0n) is 5.72. The molecule has 5 heteroatoms. The lowest BCUT2D eigenvalue weighted by Crippen LogP contribution is -2.24. The van der Waals surface area contributed by atoms with Crippen molar-refractivity contribution in [2.75, 3.05) is 7.05 Å². The SMILES string of the molecule is CN/C=C(/CC(=O)O)NN. The molecule has 0 saturated carbocycles. The summed E-state index contributed by atoms with van der Waals surface area (Å²) in [5.74, 6) is 4.07. The molecule has 0 aromatic rings. The van der Waals surface area contributed by atoms with Crippen molar-refractivity contribution in [1.29, 1.82) is 0 Å². The number of rotatable bonds is 4. The fourth-order valence-electron chi connectivity index (χ4n) is 0.481. The van der Waals surface area contributed by atoms with Crippen LogP contribution in [0.2, 0.25) is 0 Å². The number of nitrogens with one attached hydrogen (secondary N) is 2. The molecule has 0 rings (SSSR count). The van der Waals surface area contributed by atoms with Gasteiger partial charge in [-0.25, -0.2) is 0 Å². The molecule has 0 aliphatic heterocycles. The molecule has 0 aromatic carbocycles. The second-order valence-electron chi connectivity index (χ2n) is 1.67. The molecule has 0 aliphatic rings. The molecule has 0 spiro atoms. The predicted octanol–water partition coefficient (Wildman–Crippen LogP) is -1.01. The number of nitrogens with two attached hydrogens (primary N) is 1. The molecule has 5 N–H and O–H groups in total. The Morgan fingerprint density at radius 2 is 2.40 bits per heavy atom. The van der Waals surface area contributed by atoms with Crippen LogP contribution in [0.25, 0.3) is 0 Å². The third-order valence-corrected chi connectivity index (χ3v) is 0.846. The number of hydrogen-bond donors (Lipinski definition) is 4. The Hall–Kier alpha value is -1.23. The predicted molar refractivity (Wildman–Crippen MR) is 36.7 cm³/mol. The summed E-state index contributed by atoms with van der Waals surface area (Å²) in [4.78, 5) is 10.1. The van der Waals surface area contributed by atoms with Crippen molar-refractivity contribution in [1.82, 2.24) is 10.7 Å². The molecule has 58 valence electrons. The zero-order chi connectivity index (χ0) is 7.98. The Labute approximate surface area is 58.9 Å². The van der Waals surface area contributed by atoms with E-state index in [1.54, 1.807) is 7.05 Å². The van der Waals surface area contributed by atoms with Crippen LogP contribution in [0.1, 0.15) is 6.42 Å². The highest BCUT2D eigenvalue weighted by Gasteiger charge is 1.99. The first-order chi connectivity index (χ1) is 4.70. The number of hydrogen-bond acceptors (Lipinski definition) is 4. The minimum atomic E-state index is -0.917. The molecule has 5 nitrogen and oxygen atoms in total. The third kappa shape index (κ3) is 3.73. The van der Waals surface area contributed by atoms with E-state index in [4.69, 9.17) is 10.9 Å². The normalized spacial score (nSPS) is 10.8. The number of carboxylic acid groups (broad SMARTS) is 1. The van der Waals surface area contributed by atoms with Gasteiger partial charge in [0.1, 0.15) is 0 Å². The Bertz CT molecular complexity index is 144. The van der Waals surface area contributed by atoms with Crippen LogP contribution in [0.5, 0.6) is 0 Å². The fraction of sp³-hybridized carbons (Fsp3) is 0.400. The first-order valence-electron chi connectivity index (χ1n) is 2.75. The van der Waals surface area contributed by atoms with E-state index < -0.39 is 5.97 Å². The average Bonchev–Trinajstić information content (AvgIpc) is 1.86. The second kappa shape index (κ2) is 4.63. The smallest absolute Gasteiger partial charge is 0.309 e. The maximum Gasteiger partial charge on any atom is 0.309 e. The standard InChI is InChI=1S/C5H11N3O2/c1-7-3-4(8-6)2-5(9)10/h3,7-8H,2,6H2,1H3,(H,9,10)/b4-3-. The van der Waals surface area contributed by atoms with E-state index in [0.717, 1.165) is 0 Å². The highest BCUT2D eigenvalue weighted by molar-refractivity contribution is 5.69. The lowest BCUT2D eigenvalue weighted by atomic mass is 10.3. The molecule has 0 radical (unpaired) electrons. The number of aliphatic carboxylic acids is 1. The first-order valence-corrected chi connectivity index (χ1v) is 2.75. The largest absolute Gasteiger partial charge is 0.481 e. The van der Waals surface area contributed by atoms with Crippen molar-refractivity contribution in [3.05, 3.63) is 11.9 Å². The highest BCUT2D eigenvalue weighted by Crippen LogP contribution is 1.91. The summed E-state index contributed by atoms with van der Waals surface area (Å²) >= 11 is 0. The molecule has 0 aromatic heterocycles.